The first-order chi connectivity index (χ1) is 7.52. The summed E-state index contributed by atoms with van der Waals surface area (Å²) >= 11 is 0. The van der Waals surface area contributed by atoms with Crippen molar-refractivity contribution < 1.29 is 10.2 Å². The molecule has 1 unspecified atom stereocenters. The molecule has 1 aromatic carbocycles. The molecule has 1 aromatic rings. The lowest BCUT2D eigenvalue weighted by molar-refractivity contribution is 0.401. The van der Waals surface area contributed by atoms with Gasteiger partial charge >= 0.3 is 0 Å². The van der Waals surface area contributed by atoms with Crippen LogP contribution in [0.4, 0.5) is 0 Å². The van der Waals surface area contributed by atoms with Gasteiger partial charge in [-0.25, -0.2) is 0 Å². The number of rotatable bonds is 5. The zero-order valence-corrected chi connectivity index (χ0v) is 10.2. The van der Waals surface area contributed by atoms with Crippen LogP contribution in [-0.4, -0.2) is 22.3 Å². The van der Waals surface area contributed by atoms with Crippen LogP contribution in [0.15, 0.2) is 18.2 Å². The highest BCUT2D eigenvalue weighted by Crippen LogP contribution is 2.25. The summed E-state index contributed by atoms with van der Waals surface area (Å²) in [6, 6.07) is 5.87. The molecule has 3 N–H and O–H groups in total. The highest BCUT2D eigenvalue weighted by Gasteiger charge is 2.09. The highest BCUT2D eigenvalue weighted by atomic mass is 16.3. The van der Waals surface area contributed by atoms with Crippen molar-refractivity contribution >= 4 is 0 Å². The Labute approximate surface area is 97.1 Å². The molecule has 1 atom stereocenters. The van der Waals surface area contributed by atoms with Gasteiger partial charge in [-0.05, 0) is 30.5 Å². The number of benzene rings is 1. The van der Waals surface area contributed by atoms with Gasteiger partial charge in [0, 0.05) is 12.1 Å². The van der Waals surface area contributed by atoms with E-state index in [1.807, 2.05) is 6.07 Å². The summed E-state index contributed by atoms with van der Waals surface area (Å²) in [5.41, 5.74) is 1.04. The summed E-state index contributed by atoms with van der Waals surface area (Å²) in [7, 11) is 0. The van der Waals surface area contributed by atoms with E-state index in [9.17, 15) is 10.2 Å². The maximum atomic E-state index is 9.40. The molecule has 0 heterocycles. The van der Waals surface area contributed by atoms with Crippen LogP contribution in [0.2, 0.25) is 0 Å². The summed E-state index contributed by atoms with van der Waals surface area (Å²) in [4.78, 5) is 0. The van der Waals surface area contributed by atoms with Gasteiger partial charge in [0.1, 0.15) is 0 Å². The van der Waals surface area contributed by atoms with Crippen molar-refractivity contribution in [2.24, 2.45) is 0 Å². The van der Waals surface area contributed by atoms with Crippen LogP contribution >= 0.6 is 0 Å². The summed E-state index contributed by atoms with van der Waals surface area (Å²) in [5.74, 6) is -0.106. The lowest BCUT2D eigenvalue weighted by Crippen LogP contribution is -2.35. The van der Waals surface area contributed by atoms with Crippen molar-refractivity contribution in [2.75, 3.05) is 0 Å². The molecule has 0 aliphatic carbocycles. The van der Waals surface area contributed by atoms with E-state index in [2.05, 4.69) is 26.1 Å². The van der Waals surface area contributed by atoms with Gasteiger partial charge in [-0.15, -0.1) is 0 Å². The maximum Gasteiger partial charge on any atom is 0.157 e. The molecule has 0 saturated carbocycles. The molecule has 0 spiro atoms. The molecule has 0 fully saturated rings. The number of aromatic hydroxyl groups is 2. The van der Waals surface area contributed by atoms with Gasteiger partial charge in [-0.3, -0.25) is 0 Å². The van der Waals surface area contributed by atoms with Crippen molar-refractivity contribution in [3.63, 3.8) is 0 Å². The van der Waals surface area contributed by atoms with E-state index in [-0.39, 0.29) is 11.5 Å². The molecule has 1 rings (SSSR count). The zero-order chi connectivity index (χ0) is 12.1. The Bertz CT molecular complexity index is 337. The van der Waals surface area contributed by atoms with Crippen molar-refractivity contribution in [1.82, 2.24) is 5.32 Å². The summed E-state index contributed by atoms with van der Waals surface area (Å²) < 4.78 is 0. The van der Waals surface area contributed by atoms with Crippen LogP contribution < -0.4 is 5.32 Å². The van der Waals surface area contributed by atoms with Gasteiger partial charge < -0.3 is 15.5 Å². The second-order valence-corrected chi connectivity index (χ2v) is 4.45. The molecular weight excluding hydrogens is 202 g/mol. The van der Waals surface area contributed by atoms with Gasteiger partial charge in [-0.1, -0.05) is 26.8 Å². The summed E-state index contributed by atoms with van der Waals surface area (Å²) in [6.07, 6.45) is 1.91. The molecule has 3 nitrogen and oxygen atoms in total. The average Bonchev–Trinajstić information content (AvgIpc) is 2.22. The molecule has 0 aromatic heterocycles. The van der Waals surface area contributed by atoms with E-state index in [1.165, 1.54) is 6.07 Å². The maximum absolute atomic E-state index is 9.40. The molecule has 0 bridgehead atoms. The number of nitrogens with one attached hydrogen (secondary N) is 1. The molecular formula is C13H21NO2. The normalized spacial score (nSPS) is 13.0. The quantitative estimate of drug-likeness (QED) is 0.672. The van der Waals surface area contributed by atoms with Crippen LogP contribution in [0.1, 0.15) is 32.8 Å². The zero-order valence-electron chi connectivity index (χ0n) is 10.2. The van der Waals surface area contributed by atoms with Gasteiger partial charge in [-0.2, -0.15) is 0 Å². The predicted molar refractivity (Wildman–Crippen MR) is 65.8 cm³/mol. The SMILES string of the molecule is CCC(Cc1ccc(O)c(O)c1)NC(C)C. The number of hydrogen-bond donors (Lipinski definition) is 3. The van der Waals surface area contributed by atoms with Crippen LogP contribution in [0, 0.1) is 0 Å². The third kappa shape index (κ3) is 3.74. The number of phenolic OH excluding ortho intramolecular Hbond substituents is 2. The van der Waals surface area contributed by atoms with E-state index in [1.54, 1.807) is 6.07 Å². The first-order valence-corrected chi connectivity index (χ1v) is 5.79. The second-order valence-electron chi connectivity index (χ2n) is 4.45. The average molecular weight is 223 g/mol. The Balaban J connectivity index is 2.66. The predicted octanol–water partition coefficient (Wildman–Crippen LogP) is 2.42. The van der Waals surface area contributed by atoms with Gasteiger partial charge in [0.15, 0.2) is 11.5 Å². The first kappa shape index (κ1) is 12.8. The smallest absolute Gasteiger partial charge is 0.157 e. The van der Waals surface area contributed by atoms with Gasteiger partial charge in [0.2, 0.25) is 0 Å². The van der Waals surface area contributed by atoms with Gasteiger partial charge in [0.05, 0.1) is 0 Å². The van der Waals surface area contributed by atoms with E-state index in [0.29, 0.717) is 12.1 Å². The van der Waals surface area contributed by atoms with Crippen molar-refractivity contribution in [3.8, 4) is 11.5 Å². The standard InChI is InChI=1S/C13H21NO2/c1-4-11(14-9(2)3)7-10-5-6-12(15)13(16)8-10/h5-6,8-9,11,14-16H,4,7H2,1-3H3. The Morgan fingerprint density at radius 1 is 1.19 bits per heavy atom. The van der Waals surface area contributed by atoms with Gasteiger partial charge in [0.25, 0.3) is 0 Å². The van der Waals surface area contributed by atoms with Crippen LogP contribution in [-0.2, 0) is 6.42 Å². The van der Waals surface area contributed by atoms with E-state index in [0.717, 1.165) is 18.4 Å². The topological polar surface area (TPSA) is 52.5 Å². The molecule has 16 heavy (non-hydrogen) atoms. The van der Waals surface area contributed by atoms with Crippen LogP contribution in [0.25, 0.3) is 0 Å². The Kier molecular flexibility index (Phi) is 4.62. The van der Waals surface area contributed by atoms with E-state index in [4.69, 9.17) is 0 Å². The highest BCUT2D eigenvalue weighted by molar-refractivity contribution is 5.40. The largest absolute Gasteiger partial charge is 0.504 e. The Morgan fingerprint density at radius 3 is 2.38 bits per heavy atom. The fraction of sp³-hybridized carbons (Fsp3) is 0.538. The van der Waals surface area contributed by atoms with Crippen LogP contribution in [0.5, 0.6) is 11.5 Å². The minimum atomic E-state index is -0.0615. The molecule has 90 valence electrons. The monoisotopic (exact) mass is 223 g/mol. The van der Waals surface area contributed by atoms with Crippen molar-refractivity contribution in [1.29, 1.82) is 0 Å². The first-order valence-electron chi connectivity index (χ1n) is 5.79. The second kappa shape index (κ2) is 5.75. The summed E-state index contributed by atoms with van der Waals surface area (Å²) in [6.45, 7) is 6.38. The fourth-order valence-electron chi connectivity index (χ4n) is 1.77. The molecule has 0 aliphatic heterocycles. The molecule has 0 saturated heterocycles. The fourth-order valence-corrected chi connectivity index (χ4v) is 1.77. The summed E-state index contributed by atoms with van der Waals surface area (Å²) in [5, 5.41) is 22.1. The molecule has 0 amide bonds. The van der Waals surface area contributed by atoms with Crippen LogP contribution in [0.3, 0.4) is 0 Å². The third-order valence-electron chi connectivity index (χ3n) is 2.58. The minimum Gasteiger partial charge on any atom is -0.504 e. The Hall–Kier alpha value is -1.22. The lowest BCUT2D eigenvalue weighted by atomic mass is 10.0. The molecule has 3 heteroatoms. The number of phenols is 2. The van der Waals surface area contributed by atoms with E-state index < -0.39 is 0 Å². The minimum absolute atomic E-state index is 0.0445. The third-order valence-corrected chi connectivity index (χ3v) is 2.58. The Morgan fingerprint density at radius 2 is 1.88 bits per heavy atom. The number of hydrogen-bond acceptors (Lipinski definition) is 3. The van der Waals surface area contributed by atoms with Crippen molar-refractivity contribution in [2.45, 2.75) is 45.7 Å². The lowest BCUT2D eigenvalue weighted by Gasteiger charge is -2.19. The van der Waals surface area contributed by atoms with E-state index >= 15 is 0 Å². The molecule has 0 aliphatic rings. The van der Waals surface area contributed by atoms with Crippen molar-refractivity contribution in [3.05, 3.63) is 23.8 Å². The molecule has 0 radical (unpaired) electrons.